The van der Waals surface area contributed by atoms with Gasteiger partial charge in [0.15, 0.2) is 0 Å². The average Bonchev–Trinajstić information content (AvgIpc) is 3.08. The van der Waals surface area contributed by atoms with E-state index in [2.05, 4.69) is 19.1 Å². The van der Waals surface area contributed by atoms with Crippen LogP contribution in [0.25, 0.3) is 0 Å². The third kappa shape index (κ3) is 13.8. The first-order valence-electron chi connectivity index (χ1n) is 12.5. The molecule has 0 aromatic carbocycles. The predicted molar refractivity (Wildman–Crippen MR) is 123 cm³/mol. The Bertz CT molecular complexity index is 401. The van der Waals surface area contributed by atoms with Gasteiger partial charge in [0.2, 0.25) is 0 Å². The molecule has 3 N–H and O–H groups in total. The molecule has 1 fully saturated rings. The molecule has 1 aliphatic rings. The minimum absolute atomic E-state index is 0.0651. The molecule has 1 saturated heterocycles. The lowest BCUT2D eigenvalue weighted by atomic mass is 10.1. The van der Waals surface area contributed by atoms with Crippen LogP contribution in [0, 0.1) is 0 Å². The fourth-order valence-electron chi connectivity index (χ4n) is 3.89. The molecule has 0 amide bonds. The van der Waals surface area contributed by atoms with Gasteiger partial charge in [-0.3, -0.25) is 0 Å². The lowest BCUT2D eigenvalue weighted by molar-refractivity contribution is -0.0813. The van der Waals surface area contributed by atoms with Crippen molar-refractivity contribution in [2.24, 2.45) is 0 Å². The molecule has 5 heteroatoms. The molecule has 0 bridgehead atoms. The van der Waals surface area contributed by atoms with Gasteiger partial charge in [-0.05, 0) is 32.1 Å². The van der Waals surface area contributed by atoms with Crippen LogP contribution in [0.1, 0.15) is 103 Å². The van der Waals surface area contributed by atoms with Crippen molar-refractivity contribution >= 4 is 0 Å². The molecule has 1 heterocycles. The normalized spacial score (nSPS) is 22.9. The Labute approximate surface area is 184 Å². The van der Waals surface area contributed by atoms with Crippen LogP contribution < -0.4 is 0 Å². The quantitative estimate of drug-likeness (QED) is 0.190. The Morgan fingerprint density at radius 3 is 1.90 bits per heavy atom. The maximum absolute atomic E-state index is 9.95. The molecular weight excluding hydrogens is 380 g/mol. The summed E-state index contributed by atoms with van der Waals surface area (Å²) < 4.78 is 10.7. The average molecular weight is 429 g/mol. The molecule has 5 nitrogen and oxygen atoms in total. The Morgan fingerprint density at radius 2 is 1.37 bits per heavy atom. The monoisotopic (exact) mass is 428 g/mol. The zero-order valence-electron chi connectivity index (χ0n) is 19.4. The zero-order chi connectivity index (χ0) is 21.9. The van der Waals surface area contributed by atoms with Gasteiger partial charge in [0.1, 0.15) is 24.4 Å². The molecular formula is C25H48O5. The number of aliphatic hydroxyl groups excluding tert-OH is 3. The third-order valence-electron chi connectivity index (χ3n) is 5.91. The SMILES string of the molecule is CCCCCCCCCCCC/C=C/CCCCCOC[C@@H](O)[C@H]1OC[C@H](O)[C@H]1O. The van der Waals surface area contributed by atoms with E-state index in [1.165, 1.54) is 70.6 Å². The van der Waals surface area contributed by atoms with E-state index in [1.807, 2.05) is 0 Å². The fraction of sp³-hybridized carbons (Fsp3) is 0.920. The van der Waals surface area contributed by atoms with E-state index in [4.69, 9.17) is 9.47 Å². The largest absolute Gasteiger partial charge is 0.388 e. The fourth-order valence-corrected chi connectivity index (χ4v) is 3.89. The van der Waals surface area contributed by atoms with E-state index in [1.54, 1.807) is 0 Å². The first-order chi connectivity index (χ1) is 14.7. The van der Waals surface area contributed by atoms with E-state index >= 15 is 0 Å². The minimum Gasteiger partial charge on any atom is -0.388 e. The number of hydrogen-bond acceptors (Lipinski definition) is 5. The maximum atomic E-state index is 9.95. The van der Waals surface area contributed by atoms with E-state index in [0.717, 1.165) is 25.7 Å². The van der Waals surface area contributed by atoms with Gasteiger partial charge in [-0.15, -0.1) is 0 Å². The molecule has 0 aromatic heterocycles. The molecule has 30 heavy (non-hydrogen) atoms. The van der Waals surface area contributed by atoms with Gasteiger partial charge in [0, 0.05) is 6.61 Å². The minimum atomic E-state index is -1.03. The summed E-state index contributed by atoms with van der Waals surface area (Å²) in [5.74, 6) is 0. The highest BCUT2D eigenvalue weighted by Crippen LogP contribution is 2.18. The number of allylic oxidation sites excluding steroid dienone is 2. The molecule has 178 valence electrons. The summed E-state index contributed by atoms with van der Waals surface area (Å²) in [6, 6.07) is 0. The van der Waals surface area contributed by atoms with Gasteiger partial charge in [-0.25, -0.2) is 0 Å². The van der Waals surface area contributed by atoms with Gasteiger partial charge in [0.25, 0.3) is 0 Å². The van der Waals surface area contributed by atoms with Crippen LogP contribution in [0.2, 0.25) is 0 Å². The number of unbranched alkanes of at least 4 members (excludes halogenated alkanes) is 13. The molecule has 0 radical (unpaired) electrons. The summed E-state index contributed by atoms with van der Waals surface area (Å²) in [4.78, 5) is 0. The van der Waals surface area contributed by atoms with Crippen molar-refractivity contribution in [1.82, 2.24) is 0 Å². The molecule has 0 spiro atoms. The zero-order valence-corrected chi connectivity index (χ0v) is 19.4. The van der Waals surface area contributed by atoms with Gasteiger partial charge in [-0.1, -0.05) is 83.3 Å². The molecule has 0 saturated carbocycles. The Balaban J connectivity index is 1.78. The van der Waals surface area contributed by atoms with Crippen LogP contribution in [0.5, 0.6) is 0 Å². The molecule has 1 aliphatic heterocycles. The van der Waals surface area contributed by atoms with Crippen molar-refractivity contribution in [2.45, 2.75) is 128 Å². The van der Waals surface area contributed by atoms with Crippen LogP contribution in [0.15, 0.2) is 12.2 Å². The second kappa shape index (κ2) is 19.2. The second-order valence-electron chi connectivity index (χ2n) is 8.79. The van der Waals surface area contributed by atoms with E-state index in [0.29, 0.717) is 6.61 Å². The van der Waals surface area contributed by atoms with Crippen molar-refractivity contribution in [3.8, 4) is 0 Å². The van der Waals surface area contributed by atoms with Crippen LogP contribution in [-0.4, -0.2) is 59.6 Å². The first-order valence-corrected chi connectivity index (χ1v) is 12.5. The molecule has 1 rings (SSSR count). The standard InChI is InChI=1S/C25H48O5/c1-2-3-4-5-6-7-8-9-10-11-12-13-14-15-16-17-18-19-29-20-23(27)25-24(28)22(26)21-30-25/h13-14,22-28H,2-12,15-21H2,1H3/b14-13+/t22-,23+,24+,25+/m0/s1. The molecule has 0 aromatic rings. The first kappa shape index (κ1) is 27.6. The Hall–Kier alpha value is -0.460. The summed E-state index contributed by atoms with van der Waals surface area (Å²) >= 11 is 0. The number of ether oxygens (including phenoxy) is 2. The highest BCUT2D eigenvalue weighted by Gasteiger charge is 2.39. The predicted octanol–water partition coefficient (Wildman–Crippen LogP) is 4.91. The summed E-state index contributed by atoms with van der Waals surface area (Å²) in [7, 11) is 0. The highest BCUT2D eigenvalue weighted by atomic mass is 16.5. The summed E-state index contributed by atoms with van der Waals surface area (Å²) in [5, 5.41) is 29.1. The van der Waals surface area contributed by atoms with Gasteiger partial charge in [0.05, 0.1) is 13.2 Å². The number of rotatable bonds is 20. The van der Waals surface area contributed by atoms with Crippen LogP contribution >= 0.6 is 0 Å². The third-order valence-corrected chi connectivity index (χ3v) is 5.91. The highest BCUT2D eigenvalue weighted by molar-refractivity contribution is 4.87. The second-order valence-corrected chi connectivity index (χ2v) is 8.79. The Kier molecular flexibility index (Phi) is 17.7. The van der Waals surface area contributed by atoms with E-state index in [-0.39, 0.29) is 13.2 Å². The van der Waals surface area contributed by atoms with Crippen LogP contribution in [0.4, 0.5) is 0 Å². The van der Waals surface area contributed by atoms with Gasteiger partial charge in [-0.2, -0.15) is 0 Å². The molecule has 0 aliphatic carbocycles. The van der Waals surface area contributed by atoms with Crippen molar-refractivity contribution in [3.05, 3.63) is 12.2 Å². The summed E-state index contributed by atoms with van der Waals surface area (Å²) in [6.45, 7) is 3.07. The van der Waals surface area contributed by atoms with Crippen LogP contribution in [0.3, 0.4) is 0 Å². The maximum Gasteiger partial charge on any atom is 0.114 e. The molecule has 0 unspecified atom stereocenters. The topological polar surface area (TPSA) is 79.2 Å². The Morgan fingerprint density at radius 1 is 0.833 bits per heavy atom. The van der Waals surface area contributed by atoms with Gasteiger partial charge < -0.3 is 24.8 Å². The van der Waals surface area contributed by atoms with Crippen molar-refractivity contribution in [2.75, 3.05) is 19.8 Å². The van der Waals surface area contributed by atoms with Crippen molar-refractivity contribution < 1.29 is 24.8 Å². The van der Waals surface area contributed by atoms with Crippen LogP contribution in [-0.2, 0) is 9.47 Å². The summed E-state index contributed by atoms with van der Waals surface area (Å²) in [5.41, 5.74) is 0. The van der Waals surface area contributed by atoms with Crippen molar-refractivity contribution in [3.63, 3.8) is 0 Å². The summed E-state index contributed by atoms with van der Waals surface area (Å²) in [6.07, 6.45) is 20.5. The molecule has 4 atom stereocenters. The lowest BCUT2D eigenvalue weighted by Crippen LogP contribution is -2.40. The lowest BCUT2D eigenvalue weighted by Gasteiger charge is -2.20. The van der Waals surface area contributed by atoms with E-state index in [9.17, 15) is 15.3 Å². The van der Waals surface area contributed by atoms with E-state index < -0.39 is 24.4 Å². The van der Waals surface area contributed by atoms with Gasteiger partial charge >= 0.3 is 0 Å². The van der Waals surface area contributed by atoms with Crippen molar-refractivity contribution in [1.29, 1.82) is 0 Å². The number of aliphatic hydroxyl groups is 3. The smallest absolute Gasteiger partial charge is 0.114 e. The number of hydrogen-bond donors (Lipinski definition) is 3.